The van der Waals surface area contributed by atoms with Crippen molar-refractivity contribution >= 4 is 23.2 Å². The second-order valence-electron chi connectivity index (χ2n) is 3.59. The van der Waals surface area contributed by atoms with Crippen LogP contribution in [0.2, 0.25) is 10.0 Å². The average molecular weight is 215 g/mol. The van der Waals surface area contributed by atoms with Crippen molar-refractivity contribution in [2.24, 2.45) is 0 Å². The fourth-order valence-corrected chi connectivity index (χ4v) is 2.67. The Hall–Kier alpha value is -0.240. The second kappa shape index (κ2) is 2.63. The number of hydrogen-bond acceptors (Lipinski definition) is 1. The van der Waals surface area contributed by atoms with Gasteiger partial charge in [-0.25, -0.2) is 0 Å². The largest absolute Gasteiger partial charge is 0.364 e. The molecule has 1 aromatic carbocycles. The Morgan fingerprint density at radius 3 is 3.00 bits per heavy atom. The van der Waals surface area contributed by atoms with Crippen LogP contribution in [0, 0.1) is 0 Å². The molecule has 1 aliphatic carbocycles. The number of halogens is 2. The van der Waals surface area contributed by atoms with Gasteiger partial charge in [0, 0.05) is 10.0 Å². The number of benzene rings is 1. The van der Waals surface area contributed by atoms with Gasteiger partial charge in [-0.1, -0.05) is 23.2 Å². The van der Waals surface area contributed by atoms with Crippen LogP contribution < -0.4 is 0 Å². The van der Waals surface area contributed by atoms with Gasteiger partial charge in [0.05, 0.1) is 6.10 Å². The van der Waals surface area contributed by atoms with Crippen molar-refractivity contribution in [1.29, 1.82) is 0 Å². The number of rotatable bonds is 0. The molecule has 0 bridgehead atoms. The molecule has 1 heterocycles. The Kier molecular flexibility index (Phi) is 1.64. The summed E-state index contributed by atoms with van der Waals surface area (Å²) in [5.74, 6) is 0. The van der Waals surface area contributed by atoms with Gasteiger partial charge < -0.3 is 4.74 Å². The summed E-state index contributed by atoms with van der Waals surface area (Å²) in [6.45, 7) is 0. The first-order valence-corrected chi connectivity index (χ1v) is 5.14. The standard InChI is InChI=1S/C10H8Cl2O/c11-5-3-7-6(8(12)4-5)1-2-9-10(7)13-9/h3-4,9-10H,1-2H2. The van der Waals surface area contributed by atoms with E-state index < -0.39 is 0 Å². The van der Waals surface area contributed by atoms with Crippen molar-refractivity contribution in [3.63, 3.8) is 0 Å². The summed E-state index contributed by atoms with van der Waals surface area (Å²) in [7, 11) is 0. The lowest BCUT2D eigenvalue weighted by Gasteiger charge is -2.13. The lowest BCUT2D eigenvalue weighted by molar-refractivity contribution is 0.373. The van der Waals surface area contributed by atoms with Crippen LogP contribution >= 0.6 is 23.2 Å². The fraction of sp³-hybridized carbons (Fsp3) is 0.400. The van der Waals surface area contributed by atoms with Gasteiger partial charge in [0.2, 0.25) is 0 Å². The topological polar surface area (TPSA) is 12.5 Å². The summed E-state index contributed by atoms with van der Waals surface area (Å²) in [4.78, 5) is 0. The molecule has 0 N–H and O–H groups in total. The average Bonchev–Trinajstić information content (AvgIpc) is 2.82. The van der Waals surface area contributed by atoms with E-state index in [0.29, 0.717) is 11.1 Å². The maximum absolute atomic E-state index is 6.09. The highest BCUT2D eigenvalue weighted by atomic mass is 35.5. The monoisotopic (exact) mass is 214 g/mol. The quantitative estimate of drug-likeness (QED) is 0.604. The molecule has 1 aliphatic heterocycles. The number of ether oxygens (including phenoxy) is 1. The SMILES string of the molecule is Clc1cc(Cl)c2c(c1)C1OC1CC2. The van der Waals surface area contributed by atoms with Crippen molar-refractivity contribution in [2.45, 2.75) is 25.0 Å². The van der Waals surface area contributed by atoms with Crippen molar-refractivity contribution < 1.29 is 4.74 Å². The van der Waals surface area contributed by atoms with Crippen molar-refractivity contribution in [1.82, 2.24) is 0 Å². The Morgan fingerprint density at radius 1 is 1.31 bits per heavy atom. The molecule has 0 radical (unpaired) electrons. The molecule has 1 aromatic rings. The van der Waals surface area contributed by atoms with Gasteiger partial charge in [-0.3, -0.25) is 0 Å². The maximum Gasteiger partial charge on any atom is 0.110 e. The van der Waals surface area contributed by atoms with Crippen molar-refractivity contribution in [3.05, 3.63) is 33.3 Å². The van der Waals surface area contributed by atoms with Crippen LogP contribution in [-0.4, -0.2) is 6.10 Å². The Bertz CT molecular complexity index is 375. The van der Waals surface area contributed by atoms with E-state index in [2.05, 4.69) is 0 Å². The molecule has 3 rings (SSSR count). The lowest BCUT2D eigenvalue weighted by atomic mass is 9.92. The normalized spacial score (nSPS) is 29.4. The molecule has 2 unspecified atom stereocenters. The summed E-state index contributed by atoms with van der Waals surface area (Å²) in [6, 6.07) is 3.79. The fourth-order valence-electron chi connectivity index (χ4n) is 2.06. The summed E-state index contributed by atoms with van der Waals surface area (Å²) < 4.78 is 5.50. The zero-order valence-corrected chi connectivity index (χ0v) is 8.40. The van der Waals surface area contributed by atoms with Crippen LogP contribution in [0.25, 0.3) is 0 Å². The molecule has 1 saturated heterocycles. The Labute approximate surface area is 86.6 Å². The van der Waals surface area contributed by atoms with Gasteiger partial charge in [-0.15, -0.1) is 0 Å². The minimum absolute atomic E-state index is 0.278. The molecule has 0 spiro atoms. The summed E-state index contributed by atoms with van der Waals surface area (Å²) >= 11 is 12.0. The highest BCUT2D eigenvalue weighted by Gasteiger charge is 2.44. The van der Waals surface area contributed by atoms with E-state index in [9.17, 15) is 0 Å². The Morgan fingerprint density at radius 2 is 2.15 bits per heavy atom. The van der Waals surface area contributed by atoms with Crippen molar-refractivity contribution in [2.75, 3.05) is 0 Å². The zero-order chi connectivity index (χ0) is 9.00. The van der Waals surface area contributed by atoms with Crippen LogP contribution in [0.5, 0.6) is 0 Å². The number of fused-ring (bicyclic) bond motifs is 3. The maximum atomic E-state index is 6.09. The third-order valence-electron chi connectivity index (χ3n) is 2.76. The van der Waals surface area contributed by atoms with Gasteiger partial charge >= 0.3 is 0 Å². The van der Waals surface area contributed by atoms with Gasteiger partial charge in [0.1, 0.15) is 6.10 Å². The smallest absolute Gasteiger partial charge is 0.110 e. The third-order valence-corrected chi connectivity index (χ3v) is 3.32. The predicted octanol–water partition coefficient (Wildman–Crippen LogP) is 3.38. The van der Waals surface area contributed by atoms with Gasteiger partial charge in [0.15, 0.2) is 0 Å². The molecule has 13 heavy (non-hydrogen) atoms. The first kappa shape index (κ1) is 8.10. The summed E-state index contributed by atoms with van der Waals surface area (Å²) in [5, 5.41) is 1.50. The van der Waals surface area contributed by atoms with Crippen LogP contribution in [0.1, 0.15) is 23.7 Å². The first-order chi connectivity index (χ1) is 6.25. The van der Waals surface area contributed by atoms with Gasteiger partial charge in [-0.2, -0.15) is 0 Å². The van der Waals surface area contributed by atoms with E-state index in [0.717, 1.165) is 17.9 Å². The van der Waals surface area contributed by atoms with Gasteiger partial charge in [-0.05, 0) is 36.1 Å². The molecule has 2 aliphatic rings. The molecular formula is C10H8Cl2O. The highest BCUT2D eigenvalue weighted by Crippen LogP contribution is 2.49. The number of hydrogen-bond donors (Lipinski definition) is 0. The lowest BCUT2D eigenvalue weighted by Crippen LogP contribution is -2.04. The molecule has 1 fully saturated rings. The minimum atomic E-state index is 0.278. The van der Waals surface area contributed by atoms with Crippen LogP contribution in [-0.2, 0) is 11.2 Å². The van der Waals surface area contributed by atoms with Crippen LogP contribution in [0.3, 0.4) is 0 Å². The van der Waals surface area contributed by atoms with Crippen LogP contribution in [0.4, 0.5) is 0 Å². The third kappa shape index (κ3) is 1.18. The molecule has 1 nitrogen and oxygen atoms in total. The molecule has 0 saturated carbocycles. The number of epoxide rings is 1. The Balaban J connectivity index is 2.19. The van der Waals surface area contributed by atoms with Gasteiger partial charge in [0.25, 0.3) is 0 Å². The highest BCUT2D eigenvalue weighted by molar-refractivity contribution is 6.35. The molecule has 0 amide bonds. The van der Waals surface area contributed by atoms with Crippen molar-refractivity contribution in [3.8, 4) is 0 Å². The van der Waals surface area contributed by atoms with E-state index in [-0.39, 0.29) is 6.10 Å². The first-order valence-electron chi connectivity index (χ1n) is 4.39. The van der Waals surface area contributed by atoms with E-state index in [4.69, 9.17) is 27.9 Å². The minimum Gasteiger partial charge on any atom is -0.364 e. The molecule has 2 atom stereocenters. The zero-order valence-electron chi connectivity index (χ0n) is 6.89. The summed E-state index contributed by atoms with van der Waals surface area (Å²) in [5.41, 5.74) is 2.43. The van der Waals surface area contributed by atoms with E-state index in [1.54, 1.807) is 0 Å². The predicted molar refractivity (Wildman–Crippen MR) is 52.4 cm³/mol. The second-order valence-corrected chi connectivity index (χ2v) is 4.43. The molecule has 0 aromatic heterocycles. The van der Waals surface area contributed by atoms with E-state index in [1.807, 2.05) is 12.1 Å². The molecular weight excluding hydrogens is 207 g/mol. The van der Waals surface area contributed by atoms with E-state index >= 15 is 0 Å². The summed E-state index contributed by atoms with van der Waals surface area (Å²) in [6.07, 6.45) is 2.83. The molecule has 3 heteroatoms. The van der Waals surface area contributed by atoms with E-state index in [1.165, 1.54) is 11.1 Å². The van der Waals surface area contributed by atoms with Crippen LogP contribution in [0.15, 0.2) is 12.1 Å². The molecule has 68 valence electrons.